The van der Waals surface area contributed by atoms with Gasteiger partial charge in [0.05, 0.1) is 32.3 Å². The quantitative estimate of drug-likeness (QED) is 0.300. The summed E-state index contributed by atoms with van der Waals surface area (Å²) >= 11 is 0. The van der Waals surface area contributed by atoms with E-state index in [4.69, 9.17) is 0 Å². The van der Waals surface area contributed by atoms with E-state index in [9.17, 15) is 40.6 Å². The normalized spacial score (nSPS) is 8.84. The van der Waals surface area contributed by atoms with E-state index < -0.39 is 43.3 Å². The number of rotatable bonds is 3. The largest absolute Gasteiger partial charge is 1.00 e. The van der Waals surface area contributed by atoms with Crippen molar-refractivity contribution in [3.63, 3.8) is 0 Å². The van der Waals surface area contributed by atoms with Gasteiger partial charge < -0.3 is 10.2 Å². The summed E-state index contributed by atoms with van der Waals surface area (Å²) in [7, 11) is 0. The minimum atomic E-state index is -1.75. The third-order valence-electron chi connectivity index (χ3n) is 1.74. The van der Waals surface area contributed by atoms with Crippen molar-refractivity contribution in [1.29, 1.82) is 0 Å². The summed E-state index contributed by atoms with van der Waals surface area (Å²) in [6, 6.07) is 0.109. The maximum atomic E-state index is 11.1. The van der Waals surface area contributed by atoms with Crippen molar-refractivity contribution in [1.82, 2.24) is 0 Å². The van der Waals surface area contributed by atoms with E-state index in [1.807, 2.05) is 0 Å². The van der Waals surface area contributed by atoms with E-state index >= 15 is 0 Å². The first-order valence-corrected chi connectivity index (χ1v) is 3.75. The molecule has 90 valence electrons. The van der Waals surface area contributed by atoms with Gasteiger partial charge in [-0.2, -0.15) is 0 Å². The van der Waals surface area contributed by atoms with Gasteiger partial charge in [-0.25, -0.2) is 0 Å². The van der Waals surface area contributed by atoms with E-state index in [-0.39, 0.29) is 109 Å². The minimum absolute atomic E-state index is 0. The molecular formula is C6HK2N3O8. The summed E-state index contributed by atoms with van der Waals surface area (Å²) in [5, 5.41) is 53.3. The maximum Gasteiger partial charge on any atom is 1.00 e. The first-order valence-electron chi connectivity index (χ1n) is 3.75. The van der Waals surface area contributed by atoms with Crippen LogP contribution in [-0.4, -0.2) is 14.8 Å². The molecule has 1 aromatic rings. The summed E-state index contributed by atoms with van der Waals surface area (Å²) in [6.07, 6.45) is 0. The van der Waals surface area contributed by atoms with Gasteiger partial charge in [-0.15, -0.1) is 0 Å². The zero-order valence-corrected chi connectivity index (χ0v) is 15.9. The van der Waals surface area contributed by atoms with Crippen LogP contribution in [0.2, 0.25) is 0 Å². The van der Waals surface area contributed by atoms with Gasteiger partial charge in [0.1, 0.15) is 0 Å². The van der Waals surface area contributed by atoms with Gasteiger partial charge in [0, 0.05) is 0 Å². The molecule has 0 atom stereocenters. The third-order valence-corrected chi connectivity index (χ3v) is 1.74. The maximum absolute atomic E-state index is 11.1. The minimum Gasteiger partial charge on any atom is -0.863 e. The predicted octanol–water partition coefficient (Wildman–Crippen LogP) is -6.43. The molecule has 0 aliphatic rings. The molecule has 11 nitrogen and oxygen atoms in total. The standard InChI is InChI=1S/C6H3N3O8.2K/c10-5-2(7(12)13)1-3(8(14)15)6(11)4(5)9(16)17;;/h1,10-11H;;/q;2*+1/p-2. The molecule has 13 heteroatoms. The van der Waals surface area contributed by atoms with E-state index in [2.05, 4.69) is 0 Å². The molecule has 0 fully saturated rings. The van der Waals surface area contributed by atoms with Crippen molar-refractivity contribution in [2.45, 2.75) is 0 Å². The molecule has 1 aromatic carbocycles. The van der Waals surface area contributed by atoms with Crippen LogP contribution in [0.5, 0.6) is 11.5 Å². The van der Waals surface area contributed by atoms with Gasteiger partial charge in [0.25, 0.3) is 17.1 Å². The Labute approximate surface area is 189 Å². The van der Waals surface area contributed by atoms with Crippen molar-refractivity contribution in [2.24, 2.45) is 0 Å². The number of nitro groups is 3. The summed E-state index contributed by atoms with van der Waals surface area (Å²) in [4.78, 5) is 26.9. The number of hydrogen-bond donors (Lipinski definition) is 0. The topological polar surface area (TPSA) is 176 Å². The molecule has 0 unspecified atom stereocenters. The monoisotopic (exact) mass is 321 g/mol. The van der Waals surface area contributed by atoms with E-state index in [1.165, 1.54) is 0 Å². The SMILES string of the molecule is O=[N+]([O-])c1cc([N+](=O)[O-])c([O-])c([N+](=O)[O-])c1[O-].[K+].[K+]. The predicted molar refractivity (Wildman–Crippen MR) is 45.3 cm³/mol. The van der Waals surface area contributed by atoms with Crippen molar-refractivity contribution in [3.05, 3.63) is 36.4 Å². The number of hydrogen-bond acceptors (Lipinski definition) is 8. The van der Waals surface area contributed by atoms with Crippen molar-refractivity contribution < 1.29 is 128 Å². The molecule has 0 aromatic heterocycles. The van der Waals surface area contributed by atoms with Crippen LogP contribution >= 0.6 is 0 Å². The smallest absolute Gasteiger partial charge is 0.863 e. The Morgan fingerprint density at radius 2 is 1.05 bits per heavy atom. The molecule has 19 heavy (non-hydrogen) atoms. The van der Waals surface area contributed by atoms with Crippen LogP contribution in [0.15, 0.2) is 6.07 Å². The van der Waals surface area contributed by atoms with E-state index in [1.54, 1.807) is 0 Å². The Hall–Kier alpha value is 0.293. The molecular weight excluding hydrogens is 320 g/mol. The molecule has 0 spiro atoms. The van der Waals surface area contributed by atoms with Gasteiger partial charge in [0.15, 0.2) is 0 Å². The van der Waals surface area contributed by atoms with Crippen LogP contribution < -0.4 is 113 Å². The van der Waals surface area contributed by atoms with Crippen LogP contribution in [0.3, 0.4) is 0 Å². The Balaban J connectivity index is 0. The second kappa shape index (κ2) is 8.55. The Morgan fingerprint density at radius 1 is 0.737 bits per heavy atom. The van der Waals surface area contributed by atoms with Gasteiger partial charge in [-0.1, -0.05) is 0 Å². The summed E-state index contributed by atoms with van der Waals surface area (Å²) in [6.45, 7) is 0. The fraction of sp³-hybridized carbons (Fsp3) is 0. The Morgan fingerprint density at radius 3 is 1.26 bits per heavy atom. The molecule has 0 aliphatic heterocycles. The molecule has 0 bridgehead atoms. The summed E-state index contributed by atoms with van der Waals surface area (Å²) in [5.74, 6) is -3.51. The second-order valence-corrected chi connectivity index (χ2v) is 2.69. The molecule has 0 saturated heterocycles. The van der Waals surface area contributed by atoms with Gasteiger partial charge in [0.2, 0.25) is 0 Å². The Bertz CT molecular complexity index is 510. The first-order chi connectivity index (χ1) is 7.77. The van der Waals surface area contributed by atoms with E-state index in [0.29, 0.717) is 0 Å². The van der Waals surface area contributed by atoms with Gasteiger partial charge in [-0.3, -0.25) is 30.3 Å². The first kappa shape index (κ1) is 21.6. The van der Waals surface area contributed by atoms with Crippen LogP contribution in [0.1, 0.15) is 0 Å². The molecule has 0 saturated carbocycles. The van der Waals surface area contributed by atoms with Crippen LogP contribution in [0.25, 0.3) is 0 Å². The van der Waals surface area contributed by atoms with Gasteiger partial charge in [-0.05, 0) is 0 Å². The van der Waals surface area contributed by atoms with Crippen molar-refractivity contribution in [3.8, 4) is 11.5 Å². The molecule has 1 rings (SSSR count). The molecule has 0 heterocycles. The molecule has 0 amide bonds. The fourth-order valence-corrected chi connectivity index (χ4v) is 1.04. The molecule has 0 aliphatic carbocycles. The van der Waals surface area contributed by atoms with Crippen LogP contribution in [0, 0.1) is 30.3 Å². The molecule has 0 radical (unpaired) electrons. The summed E-state index contributed by atoms with van der Waals surface area (Å²) < 4.78 is 0. The van der Waals surface area contributed by atoms with Crippen LogP contribution in [0.4, 0.5) is 17.1 Å². The zero-order valence-electron chi connectivity index (χ0n) is 9.68. The van der Waals surface area contributed by atoms with Gasteiger partial charge >= 0.3 is 103 Å². The fourth-order valence-electron chi connectivity index (χ4n) is 1.04. The molecule has 0 N–H and O–H groups in total. The Kier molecular flexibility index (Phi) is 9.72. The van der Waals surface area contributed by atoms with Crippen molar-refractivity contribution in [2.75, 3.05) is 0 Å². The number of nitro benzene ring substituents is 3. The average molecular weight is 321 g/mol. The average Bonchev–Trinajstić information content (AvgIpc) is 2.15. The number of benzene rings is 1. The summed E-state index contributed by atoms with van der Waals surface area (Å²) in [5.41, 5.74) is -4.48. The van der Waals surface area contributed by atoms with Crippen molar-refractivity contribution >= 4 is 17.1 Å². The second-order valence-electron chi connectivity index (χ2n) is 2.69. The number of nitrogens with zero attached hydrogens (tertiary/aromatic N) is 3. The zero-order chi connectivity index (χ0) is 13.3. The van der Waals surface area contributed by atoms with E-state index in [0.717, 1.165) is 0 Å². The van der Waals surface area contributed by atoms with Crippen LogP contribution in [-0.2, 0) is 0 Å². The third kappa shape index (κ3) is 4.66.